The minimum atomic E-state index is -4.59. The fraction of sp³-hybridized carbons (Fsp3) is 0.320. The number of halogens is 4. The van der Waals surface area contributed by atoms with Crippen LogP contribution in [0, 0.1) is 5.41 Å². The van der Waals surface area contributed by atoms with Crippen LogP contribution in [0.2, 0.25) is 5.02 Å². The number of alkyl halides is 3. The molecule has 0 saturated heterocycles. The number of H-pyrrole nitrogens is 1. The topological polar surface area (TPSA) is 88.1 Å². The standard InChI is InChI=1S/C25H20ClF3N4O2/c1-23(18(33-23)19(34)24(10-5-11-24)25(27,28)29)13-14-8-9-17(26)16(12-14)21-30-20(31-22(35)32-21)15-6-3-2-4-7-15/h2-4,6-9,12H,5,10-11,13H2,1H3,(H,30,31,32,35)/t23-/m0/s1. The van der Waals surface area contributed by atoms with E-state index in [1.54, 1.807) is 49.4 Å². The molecule has 2 heterocycles. The fourth-order valence-electron chi connectivity index (χ4n) is 4.52. The summed E-state index contributed by atoms with van der Waals surface area (Å²) in [7, 11) is 0. The third kappa shape index (κ3) is 4.07. The molecule has 1 saturated carbocycles. The quantitative estimate of drug-likeness (QED) is 0.503. The van der Waals surface area contributed by atoms with Crippen molar-refractivity contribution >= 4 is 23.1 Å². The van der Waals surface area contributed by atoms with Gasteiger partial charge in [0.05, 0.1) is 5.02 Å². The second-order valence-corrected chi connectivity index (χ2v) is 9.59. The van der Waals surface area contributed by atoms with Crippen molar-refractivity contribution < 1.29 is 18.0 Å². The predicted octanol–water partition coefficient (Wildman–Crippen LogP) is 5.21. The first kappa shape index (κ1) is 23.4. The summed E-state index contributed by atoms with van der Waals surface area (Å²) in [5, 5.41) is 0.325. The van der Waals surface area contributed by atoms with Gasteiger partial charge in [0, 0.05) is 17.5 Å². The van der Waals surface area contributed by atoms with Gasteiger partial charge in [-0.1, -0.05) is 54.4 Å². The maximum absolute atomic E-state index is 13.6. The second-order valence-electron chi connectivity index (χ2n) is 9.18. The monoisotopic (exact) mass is 500 g/mol. The number of ketones is 1. The summed E-state index contributed by atoms with van der Waals surface area (Å²) in [5.41, 5.74) is -2.15. The van der Waals surface area contributed by atoms with Crippen molar-refractivity contribution in [1.29, 1.82) is 0 Å². The zero-order valence-corrected chi connectivity index (χ0v) is 19.4. The van der Waals surface area contributed by atoms with Crippen LogP contribution in [0.15, 0.2) is 58.3 Å². The van der Waals surface area contributed by atoms with E-state index < -0.39 is 28.6 Å². The normalized spacial score (nSPS) is 20.7. The molecule has 10 heteroatoms. The Bertz CT molecular complexity index is 1410. The number of nitrogens with zero attached hydrogens (tertiary/aromatic N) is 3. The Hall–Kier alpha value is -3.33. The highest BCUT2D eigenvalue weighted by Gasteiger charge is 2.67. The van der Waals surface area contributed by atoms with Gasteiger partial charge in [-0.05, 0) is 37.5 Å². The Kier molecular flexibility index (Phi) is 5.43. The van der Waals surface area contributed by atoms with Gasteiger partial charge in [0.15, 0.2) is 11.6 Å². The largest absolute Gasteiger partial charge is 0.401 e. The second kappa shape index (κ2) is 8.12. The van der Waals surface area contributed by atoms with Gasteiger partial charge in [0.2, 0.25) is 0 Å². The van der Waals surface area contributed by atoms with E-state index in [0.29, 0.717) is 28.1 Å². The highest BCUT2D eigenvalue weighted by Crippen LogP contribution is 2.55. The van der Waals surface area contributed by atoms with Gasteiger partial charge in [-0.15, -0.1) is 0 Å². The molecule has 35 heavy (non-hydrogen) atoms. The summed E-state index contributed by atoms with van der Waals surface area (Å²) in [5.74, 6) is -0.478. The summed E-state index contributed by atoms with van der Waals surface area (Å²) in [6.45, 7) is 1.65. The number of hydrogen-bond donors (Lipinski definition) is 1. The van der Waals surface area contributed by atoms with E-state index in [9.17, 15) is 22.8 Å². The van der Waals surface area contributed by atoms with Gasteiger partial charge in [-0.3, -0.25) is 14.8 Å². The summed E-state index contributed by atoms with van der Waals surface area (Å²) in [6.07, 6.45) is -4.39. The molecule has 1 aliphatic carbocycles. The SMILES string of the molecule is C[C@@]1(Cc2ccc(Cl)c(-c3nc(-c4ccccc4)nc(=O)[nH]3)c2)N=C1C(=O)C1(C(F)(F)F)CCC1. The number of benzene rings is 2. The molecule has 1 fully saturated rings. The van der Waals surface area contributed by atoms with Crippen molar-refractivity contribution in [2.75, 3.05) is 0 Å². The van der Waals surface area contributed by atoms with Crippen LogP contribution in [-0.2, 0) is 11.2 Å². The number of rotatable bonds is 6. The van der Waals surface area contributed by atoms with Crippen molar-refractivity contribution in [3.05, 3.63) is 69.6 Å². The number of aromatic amines is 1. The van der Waals surface area contributed by atoms with Gasteiger partial charge in [-0.2, -0.15) is 18.2 Å². The predicted molar refractivity (Wildman–Crippen MR) is 125 cm³/mol. The molecule has 1 aliphatic heterocycles. The van der Waals surface area contributed by atoms with Gasteiger partial charge in [0.25, 0.3) is 0 Å². The lowest BCUT2D eigenvalue weighted by Crippen LogP contribution is -2.52. The number of carbonyl (C=O) groups is 1. The van der Waals surface area contributed by atoms with Gasteiger partial charge in [0.1, 0.15) is 22.5 Å². The fourth-order valence-corrected chi connectivity index (χ4v) is 4.73. The number of nitrogens with one attached hydrogen (secondary N) is 1. The van der Waals surface area contributed by atoms with E-state index in [1.807, 2.05) is 6.07 Å². The van der Waals surface area contributed by atoms with Crippen molar-refractivity contribution in [3.63, 3.8) is 0 Å². The first-order chi connectivity index (χ1) is 16.5. The summed E-state index contributed by atoms with van der Waals surface area (Å²) in [4.78, 5) is 40.2. The number of aliphatic imine (C=N–C) groups is 1. The van der Waals surface area contributed by atoms with Crippen LogP contribution in [-0.4, -0.2) is 38.2 Å². The molecule has 0 amide bonds. The molecule has 6 nitrogen and oxygen atoms in total. The molecular formula is C25H20ClF3N4O2. The zero-order chi connectivity index (χ0) is 25.0. The summed E-state index contributed by atoms with van der Waals surface area (Å²) in [6, 6.07) is 14.0. The van der Waals surface area contributed by atoms with E-state index in [0.717, 1.165) is 0 Å². The van der Waals surface area contributed by atoms with Crippen LogP contribution in [0.1, 0.15) is 31.7 Å². The molecule has 0 bridgehead atoms. The van der Waals surface area contributed by atoms with E-state index >= 15 is 0 Å². The molecule has 0 radical (unpaired) electrons. The minimum Gasteiger partial charge on any atom is -0.292 e. The minimum absolute atomic E-state index is 0.0205. The van der Waals surface area contributed by atoms with E-state index in [1.165, 1.54) is 0 Å². The molecule has 0 spiro atoms. The van der Waals surface area contributed by atoms with Crippen molar-refractivity contribution in [2.24, 2.45) is 10.4 Å². The maximum atomic E-state index is 13.6. The Morgan fingerprint density at radius 1 is 1.11 bits per heavy atom. The van der Waals surface area contributed by atoms with E-state index in [-0.39, 0.29) is 36.6 Å². The number of hydrogen-bond acceptors (Lipinski definition) is 5. The number of aromatic nitrogens is 3. The number of carbonyl (C=O) groups excluding carboxylic acids is 1. The molecule has 180 valence electrons. The third-order valence-electron chi connectivity index (χ3n) is 6.73. The van der Waals surface area contributed by atoms with E-state index in [4.69, 9.17) is 11.6 Å². The summed E-state index contributed by atoms with van der Waals surface area (Å²) < 4.78 is 40.8. The smallest absolute Gasteiger partial charge is 0.292 e. The zero-order valence-electron chi connectivity index (χ0n) is 18.6. The van der Waals surface area contributed by atoms with Gasteiger partial charge >= 0.3 is 11.9 Å². The van der Waals surface area contributed by atoms with Crippen LogP contribution in [0.25, 0.3) is 22.8 Å². The Morgan fingerprint density at radius 3 is 2.46 bits per heavy atom. The van der Waals surface area contributed by atoms with Gasteiger partial charge in [-0.25, -0.2) is 9.78 Å². The molecule has 3 aromatic rings. The molecule has 0 unspecified atom stereocenters. The maximum Gasteiger partial charge on any atom is 0.401 e. The Balaban J connectivity index is 1.41. The Labute approximate surface area is 203 Å². The molecule has 1 aromatic heterocycles. The summed E-state index contributed by atoms with van der Waals surface area (Å²) >= 11 is 6.39. The van der Waals surface area contributed by atoms with Crippen LogP contribution < -0.4 is 5.69 Å². The molecule has 1 atom stereocenters. The van der Waals surface area contributed by atoms with Crippen molar-refractivity contribution in [1.82, 2.24) is 15.0 Å². The number of Topliss-reactive ketones (excluding diaryl/α,β-unsaturated/α-hetero) is 1. The first-order valence-corrected chi connectivity index (χ1v) is 11.4. The van der Waals surface area contributed by atoms with Crippen molar-refractivity contribution in [2.45, 2.75) is 44.3 Å². The third-order valence-corrected chi connectivity index (χ3v) is 7.06. The lowest BCUT2D eigenvalue weighted by Gasteiger charge is -2.41. The van der Waals surface area contributed by atoms with Crippen LogP contribution in [0.5, 0.6) is 0 Å². The molecular weight excluding hydrogens is 481 g/mol. The van der Waals surface area contributed by atoms with Crippen LogP contribution in [0.3, 0.4) is 0 Å². The van der Waals surface area contributed by atoms with E-state index in [2.05, 4.69) is 19.9 Å². The van der Waals surface area contributed by atoms with Crippen molar-refractivity contribution in [3.8, 4) is 22.8 Å². The molecule has 2 aromatic carbocycles. The van der Waals surface area contributed by atoms with Gasteiger partial charge < -0.3 is 0 Å². The molecule has 1 N–H and O–H groups in total. The average molecular weight is 501 g/mol. The van der Waals surface area contributed by atoms with Crippen LogP contribution >= 0.6 is 11.6 Å². The Morgan fingerprint density at radius 2 is 1.83 bits per heavy atom. The highest BCUT2D eigenvalue weighted by molar-refractivity contribution is 6.50. The first-order valence-electron chi connectivity index (χ1n) is 11.1. The average Bonchev–Trinajstić information content (AvgIpc) is 3.44. The molecule has 5 rings (SSSR count). The molecule has 2 aliphatic rings. The lowest BCUT2D eigenvalue weighted by atomic mass is 9.64. The highest BCUT2D eigenvalue weighted by atomic mass is 35.5. The lowest BCUT2D eigenvalue weighted by molar-refractivity contribution is -0.238. The van der Waals surface area contributed by atoms with Crippen LogP contribution in [0.4, 0.5) is 13.2 Å².